The molecule has 0 amide bonds. The number of fused-ring (bicyclic) bond motifs is 1. The van der Waals surface area contributed by atoms with Gasteiger partial charge in [-0.15, -0.1) is 0 Å². The molecule has 0 bridgehead atoms. The summed E-state index contributed by atoms with van der Waals surface area (Å²) in [6, 6.07) is 5.70. The molecule has 1 aromatic carbocycles. The molecule has 2 heterocycles. The lowest BCUT2D eigenvalue weighted by molar-refractivity contribution is 0.0900. The Kier molecular flexibility index (Phi) is 3.29. The van der Waals surface area contributed by atoms with E-state index in [1.54, 1.807) is 0 Å². The van der Waals surface area contributed by atoms with Gasteiger partial charge >= 0.3 is 0 Å². The van der Waals surface area contributed by atoms with E-state index in [1.165, 1.54) is 0 Å². The molecule has 2 atom stereocenters. The molecule has 102 valence electrons. The van der Waals surface area contributed by atoms with Gasteiger partial charge in [0.25, 0.3) is 0 Å². The molecular formula is C14H20N4O. The van der Waals surface area contributed by atoms with Gasteiger partial charge in [0.2, 0.25) is 5.95 Å². The van der Waals surface area contributed by atoms with Gasteiger partial charge in [0.05, 0.1) is 17.1 Å². The third kappa shape index (κ3) is 2.51. The second-order valence-electron chi connectivity index (χ2n) is 5.11. The minimum absolute atomic E-state index is 0.382. The highest BCUT2D eigenvalue weighted by Crippen LogP contribution is 2.24. The van der Waals surface area contributed by atoms with E-state index in [2.05, 4.69) is 22.2 Å². The SMILES string of the molecule is CCC1OCCC1CNc1nc2ccc(N)cc2[nH]1. The van der Waals surface area contributed by atoms with Gasteiger partial charge in [0.15, 0.2) is 0 Å². The Bertz CT molecular complexity index is 566. The van der Waals surface area contributed by atoms with Gasteiger partial charge in [-0.2, -0.15) is 0 Å². The van der Waals surface area contributed by atoms with E-state index in [0.717, 1.165) is 48.7 Å². The van der Waals surface area contributed by atoms with Crippen molar-refractivity contribution in [3.05, 3.63) is 18.2 Å². The van der Waals surface area contributed by atoms with Crippen LogP contribution in [0.4, 0.5) is 11.6 Å². The summed E-state index contributed by atoms with van der Waals surface area (Å²) in [7, 11) is 0. The number of aromatic amines is 1. The summed E-state index contributed by atoms with van der Waals surface area (Å²) in [6.07, 6.45) is 2.58. The smallest absolute Gasteiger partial charge is 0.201 e. The molecule has 0 aliphatic carbocycles. The summed E-state index contributed by atoms with van der Waals surface area (Å²) < 4.78 is 5.69. The van der Waals surface area contributed by atoms with Gasteiger partial charge in [0.1, 0.15) is 0 Å². The molecule has 1 saturated heterocycles. The minimum atomic E-state index is 0.382. The highest BCUT2D eigenvalue weighted by molar-refractivity contribution is 5.80. The van der Waals surface area contributed by atoms with Crippen LogP contribution < -0.4 is 11.1 Å². The molecule has 3 rings (SSSR count). The Morgan fingerprint density at radius 3 is 3.26 bits per heavy atom. The second kappa shape index (κ2) is 5.09. The molecule has 1 aromatic heterocycles. The van der Waals surface area contributed by atoms with E-state index in [1.807, 2.05) is 18.2 Å². The maximum Gasteiger partial charge on any atom is 0.201 e. The van der Waals surface area contributed by atoms with Crippen molar-refractivity contribution in [3.63, 3.8) is 0 Å². The summed E-state index contributed by atoms with van der Waals surface area (Å²) in [4.78, 5) is 7.75. The summed E-state index contributed by atoms with van der Waals surface area (Å²) in [5.74, 6) is 1.38. The zero-order valence-corrected chi connectivity index (χ0v) is 11.1. The van der Waals surface area contributed by atoms with E-state index in [-0.39, 0.29) is 0 Å². The van der Waals surface area contributed by atoms with Crippen molar-refractivity contribution >= 4 is 22.7 Å². The maximum atomic E-state index is 5.76. The second-order valence-corrected chi connectivity index (χ2v) is 5.11. The molecule has 2 unspecified atom stereocenters. The average molecular weight is 260 g/mol. The quantitative estimate of drug-likeness (QED) is 0.738. The Hall–Kier alpha value is -1.75. The zero-order chi connectivity index (χ0) is 13.2. The van der Waals surface area contributed by atoms with E-state index < -0.39 is 0 Å². The Morgan fingerprint density at radius 2 is 2.42 bits per heavy atom. The van der Waals surface area contributed by atoms with Gasteiger partial charge in [-0.1, -0.05) is 6.92 Å². The number of nitrogens with one attached hydrogen (secondary N) is 2. The highest BCUT2D eigenvalue weighted by Gasteiger charge is 2.26. The fraction of sp³-hybridized carbons (Fsp3) is 0.500. The third-order valence-electron chi connectivity index (χ3n) is 3.79. The van der Waals surface area contributed by atoms with Crippen LogP contribution in [0.25, 0.3) is 11.0 Å². The standard InChI is InChI=1S/C14H20N4O/c1-2-13-9(5-6-19-13)8-16-14-17-11-4-3-10(15)7-12(11)18-14/h3-4,7,9,13H,2,5-6,8,15H2,1H3,(H2,16,17,18). The van der Waals surface area contributed by atoms with Crippen molar-refractivity contribution < 1.29 is 4.74 Å². The predicted molar refractivity (Wildman–Crippen MR) is 77.1 cm³/mol. The third-order valence-corrected chi connectivity index (χ3v) is 3.79. The lowest BCUT2D eigenvalue weighted by Gasteiger charge is -2.16. The molecule has 0 radical (unpaired) electrons. The highest BCUT2D eigenvalue weighted by atomic mass is 16.5. The molecule has 1 fully saturated rings. The van der Waals surface area contributed by atoms with E-state index in [4.69, 9.17) is 10.5 Å². The number of hydrogen-bond acceptors (Lipinski definition) is 4. The van der Waals surface area contributed by atoms with Crippen LogP contribution in [0.15, 0.2) is 18.2 Å². The first kappa shape index (κ1) is 12.3. The minimum Gasteiger partial charge on any atom is -0.399 e. The summed E-state index contributed by atoms with van der Waals surface area (Å²) in [5, 5.41) is 3.37. The van der Waals surface area contributed by atoms with Crippen LogP contribution in [-0.2, 0) is 4.74 Å². The first-order valence-corrected chi connectivity index (χ1v) is 6.87. The van der Waals surface area contributed by atoms with Gasteiger partial charge in [-0.3, -0.25) is 0 Å². The number of nitrogen functional groups attached to an aromatic ring is 1. The van der Waals surface area contributed by atoms with Gasteiger partial charge < -0.3 is 20.8 Å². The Balaban J connectivity index is 1.68. The summed E-state index contributed by atoms with van der Waals surface area (Å²) in [6.45, 7) is 3.95. The van der Waals surface area contributed by atoms with E-state index in [9.17, 15) is 0 Å². The molecule has 5 nitrogen and oxygen atoms in total. The average Bonchev–Trinajstić information content (AvgIpc) is 3.01. The molecule has 0 spiro atoms. The molecule has 1 aliphatic rings. The predicted octanol–water partition coefficient (Wildman–Crippen LogP) is 2.37. The summed E-state index contributed by atoms with van der Waals surface area (Å²) >= 11 is 0. The molecule has 1 aliphatic heterocycles. The molecule has 2 aromatic rings. The van der Waals surface area contributed by atoms with Crippen LogP contribution in [0, 0.1) is 5.92 Å². The Morgan fingerprint density at radius 1 is 1.53 bits per heavy atom. The maximum absolute atomic E-state index is 5.76. The monoisotopic (exact) mass is 260 g/mol. The lowest BCUT2D eigenvalue weighted by Crippen LogP contribution is -2.23. The van der Waals surface area contributed by atoms with E-state index >= 15 is 0 Å². The first-order chi connectivity index (χ1) is 9.26. The lowest BCUT2D eigenvalue weighted by atomic mass is 10.00. The van der Waals surface area contributed by atoms with Crippen molar-refractivity contribution in [1.29, 1.82) is 0 Å². The number of nitrogens with zero attached hydrogens (tertiary/aromatic N) is 1. The first-order valence-electron chi connectivity index (χ1n) is 6.87. The van der Waals surface area contributed by atoms with Crippen molar-refractivity contribution in [2.75, 3.05) is 24.2 Å². The van der Waals surface area contributed by atoms with Crippen LogP contribution in [0.1, 0.15) is 19.8 Å². The molecule has 4 N–H and O–H groups in total. The van der Waals surface area contributed by atoms with Gasteiger partial charge in [0, 0.05) is 24.8 Å². The van der Waals surface area contributed by atoms with E-state index in [0.29, 0.717) is 12.0 Å². The van der Waals surface area contributed by atoms with Crippen molar-refractivity contribution in [3.8, 4) is 0 Å². The number of rotatable bonds is 4. The van der Waals surface area contributed by atoms with Gasteiger partial charge in [-0.25, -0.2) is 4.98 Å². The number of anilines is 2. The largest absolute Gasteiger partial charge is 0.399 e. The number of H-pyrrole nitrogens is 1. The van der Waals surface area contributed by atoms with Gasteiger partial charge in [-0.05, 0) is 31.0 Å². The normalized spacial score (nSPS) is 23.0. The number of nitrogens with two attached hydrogens (primary N) is 1. The number of aromatic nitrogens is 2. The molecular weight excluding hydrogens is 240 g/mol. The van der Waals surface area contributed by atoms with Crippen LogP contribution in [0.2, 0.25) is 0 Å². The number of hydrogen-bond donors (Lipinski definition) is 3. The fourth-order valence-electron chi connectivity index (χ4n) is 2.72. The van der Waals surface area contributed by atoms with Crippen molar-refractivity contribution in [2.45, 2.75) is 25.9 Å². The Labute approximate surface area is 112 Å². The molecule has 5 heteroatoms. The van der Waals surface area contributed by atoms with Crippen molar-refractivity contribution in [2.24, 2.45) is 5.92 Å². The fourth-order valence-corrected chi connectivity index (χ4v) is 2.72. The number of ether oxygens (including phenoxy) is 1. The summed E-state index contributed by atoms with van der Waals surface area (Å²) in [5.41, 5.74) is 8.41. The van der Waals surface area contributed by atoms with Crippen LogP contribution >= 0.6 is 0 Å². The molecule has 19 heavy (non-hydrogen) atoms. The van der Waals surface area contributed by atoms with Crippen molar-refractivity contribution in [1.82, 2.24) is 9.97 Å². The number of imidazole rings is 1. The zero-order valence-electron chi connectivity index (χ0n) is 11.1. The number of benzene rings is 1. The van der Waals surface area contributed by atoms with Crippen LogP contribution in [0.5, 0.6) is 0 Å². The van der Waals surface area contributed by atoms with Crippen LogP contribution in [0.3, 0.4) is 0 Å². The topological polar surface area (TPSA) is 76.0 Å². The van der Waals surface area contributed by atoms with Crippen LogP contribution in [-0.4, -0.2) is 29.2 Å². The molecule has 0 saturated carbocycles.